The quantitative estimate of drug-likeness (QED) is 0.627. The number of benzene rings is 1. The van der Waals surface area contributed by atoms with Crippen molar-refractivity contribution in [1.82, 2.24) is 15.2 Å². The molecule has 0 aliphatic heterocycles. The minimum Gasteiger partial charge on any atom is -0.495 e. The number of nitrogens with one attached hydrogen (secondary N) is 2. The third-order valence-corrected chi connectivity index (χ3v) is 3.31. The number of rotatable bonds is 3. The molecular formula is C15H12ClF3N4O3. The van der Waals surface area contributed by atoms with E-state index in [1.807, 2.05) is 24.3 Å². The third kappa shape index (κ3) is 4.76. The number of fused-ring (bicyclic) bond motifs is 1. The number of aliphatic carboxylic acids is 1. The molecule has 0 aliphatic carbocycles. The van der Waals surface area contributed by atoms with Gasteiger partial charge < -0.3 is 15.2 Å². The van der Waals surface area contributed by atoms with Gasteiger partial charge in [-0.1, -0.05) is 11.6 Å². The zero-order valence-corrected chi connectivity index (χ0v) is 13.9. The van der Waals surface area contributed by atoms with Crippen molar-refractivity contribution in [2.24, 2.45) is 0 Å². The predicted molar refractivity (Wildman–Crippen MR) is 88.9 cm³/mol. The molecule has 138 valence electrons. The van der Waals surface area contributed by atoms with Crippen LogP contribution >= 0.6 is 11.6 Å². The highest BCUT2D eigenvalue weighted by atomic mass is 35.5. The van der Waals surface area contributed by atoms with E-state index in [1.54, 1.807) is 19.4 Å². The van der Waals surface area contributed by atoms with Gasteiger partial charge in [0.05, 0.1) is 17.5 Å². The highest BCUT2D eigenvalue weighted by Gasteiger charge is 2.38. The third-order valence-electron chi connectivity index (χ3n) is 2.99. The van der Waals surface area contributed by atoms with Crippen LogP contribution in [0.25, 0.3) is 11.0 Å². The number of methoxy groups -OCH3 is 1. The normalized spacial score (nSPS) is 10.8. The van der Waals surface area contributed by atoms with Crippen molar-refractivity contribution in [2.75, 3.05) is 12.4 Å². The summed E-state index contributed by atoms with van der Waals surface area (Å²) < 4.78 is 36.9. The smallest absolute Gasteiger partial charge is 0.490 e. The number of anilines is 2. The molecule has 0 spiro atoms. The van der Waals surface area contributed by atoms with Crippen molar-refractivity contribution >= 4 is 40.1 Å². The first-order valence-electron chi connectivity index (χ1n) is 6.92. The van der Waals surface area contributed by atoms with Crippen LogP contribution in [0.15, 0.2) is 36.5 Å². The number of carboxylic acid groups (broad SMARTS) is 1. The number of ether oxygens (including phenoxy) is 1. The molecule has 0 saturated carbocycles. The monoisotopic (exact) mass is 388 g/mol. The summed E-state index contributed by atoms with van der Waals surface area (Å²) in [4.78, 5) is 13.1. The van der Waals surface area contributed by atoms with Gasteiger partial charge in [0.1, 0.15) is 5.75 Å². The minimum atomic E-state index is -5.08. The lowest BCUT2D eigenvalue weighted by atomic mass is 10.3. The van der Waals surface area contributed by atoms with E-state index >= 15 is 0 Å². The molecule has 3 rings (SSSR count). The number of H-pyrrole nitrogens is 1. The molecule has 0 fully saturated rings. The van der Waals surface area contributed by atoms with E-state index in [-0.39, 0.29) is 0 Å². The van der Waals surface area contributed by atoms with Crippen molar-refractivity contribution in [3.8, 4) is 5.75 Å². The minimum absolute atomic E-state index is 0.571. The van der Waals surface area contributed by atoms with Gasteiger partial charge in [-0.15, -0.1) is 0 Å². The predicted octanol–water partition coefficient (Wildman–Crippen LogP) is 4.00. The first kappa shape index (κ1) is 19.3. The second-order valence-corrected chi connectivity index (χ2v) is 5.16. The Labute approximate surface area is 149 Å². The highest BCUT2D eigenvalue weighted by Crippen LogP contribution is 2.30. The summed E-state index contributed by atoms with van der Waals surface area (Å²) in [6.45, 7) is 0. The summed E-state index contributed by atoms with van der Waals surface area (Å²) in [7, 11) is 1.58. The molecule has 0 unspecified atom stereocenters. The number of carboxylic acids is 1. The lowest BCUT2D eigenvalue weighted by molar-refractivity contribution is -0.192. The second-order valence-electron chi connectivity index (χ2n) is 4.75. The number of halogens is 4. The van der Waals surface area contributed by atoms with Crippen molar-refractivity contribution in [2.45, 2.75) is 6.18 Å². The number of aromatic amines is 1. The first-order valence-corrected chi connectivity index (χ1v) is 7.30. The van der Waals surface area contributed by atoms with E-state index in [0.29, 0.717) is 16.6 Å². The van der Waals surface area contributed by atoms with Crippen molar-refractivity contribution in [1.29, 1.82) is 0 Å². The zero-order valence-electron chi connectivity index (χ0n) is 13.1. The maximum atomic E-state index is 10.6. The SMILES string of the molecule is COc1cc(Nc2n[nH]c3ncccc23)ccc1Cl.O=C(O)C(F)(F)F. The maximum Gasteiger partial charge on any atom is 0.490 e. The number of carbonyl (C=O) groups is 1. The van der Waals surface area contributed by atoms with Gasteiger partial charge in [-0.2, -0.15) is 18.3 Å². The van der Waals surface area contributed by atoms with Gasteiger partial charge in [0.25, 0.3) is 0 Å². The van der Waals surface area contributed by atoms with E-state index in [9.17, 15) is 13.2 Å². The number of hydrogen-bond acceptors (Lipinski definition) is 5. The fourth-order valence-electron chi connectivity index (χ4n) is 1.82. The molecule has 7 nitrogen and oxygen atoms in total. The van der Waals surface area contributed by atoms with Crippen LogP contribution in [0.3, 0.4) is 0 Å². The fourth-order valence-corrected chi connectivity index (χ4v) is 2.02. The summed E-state index contributed by atoms with van der Waals surface area (Å²) in [6.07, 6.45) is -3.37. The van der Waals surface area contributed by atoms with Crippen LogP contribution in [0, 0.1) is 0 Å². The highest BCUT2D eigenvalue weighted by molar-refractivity contribution is 6.32. The van der Waals surface area contributed by atoms with Crippen molar-refractivity contribution in [3.63, 3.8) is 0 Å². The average Bonchev–Trinajstić information content (AvgIpc) is 2.99. The van der Waals surface area contributed by atoms with Gasteiger partial charge in [-0.05, 0) is 24.3 Å². The molecule has 26 heavy (non-hydrogen) atoms. The fraction of sp³-hybridized carbons (Fsp3) is 0.133. The molecule has 0 saturated heterocycles. The lowest BCUT2D eigenvalue weighted by Crippen LogP contribution is -2.21. The average molecular weight is 389 g/mol. The molecule has 3 aromatic rings. The Balaban J connectivity index is 0.000000298. The molecule has 11 heteroatoms. The number of nitrogens with zero attached hydrogens (tertiary/aromatic N) is 2. The summed E-state index contributed by atoms with van der Waals surface area (Å²) >= 11 is 5.99. The van der Waals surface area contributed by atoms with Gasteiger partial charge >= 0.3 is 12.1 Å². The molecule has 0 amide bonds. The Morgan fingerprint density at radius 1 is 1.35 bits per heavy atom. The topological polar surface area (TPSA) is 100 Å². The van der Waals surface area contributed by atoms with Gasteiger partial charge in [-0.25, -0.2) is 9.78 Å². The van der Waals surface area contributed by atoms with Crippen LogP contribution in [0.1, 0.15) is 0 Å². The summed E-state index contributed by atoms with van der Waals surface area (Å²) in [5.74, 6) is -1.43. The van der Waals surface area contributed by atoms with Gasteiger partial charge in [0, 0.05) is 18.0 Å². The lowest BCUT2D eigenvalue weighted by Gasteiger charge is -2.07. The van der Waals surface area contributed by atoms with Crippen LogP contribution in [0.2, 0.25) is 5.02 Å². The number of alkyl halides is 3. The molecule has 0 atom stereocenters. The number of pyridine rings is 1. The van der Waals surface area contributed by atoms with E-state index in [2.05, 4.69) is 20.5 Å². The van der Waals surface area contributed by atoms with E-state index < -0.39 is 12.1 Å². The molecule has 0 bridgehead atoms. The molecule has 0 aliphatic rings. The molecule has 2 heterocycles. The Kier molecular flexibility index (Phi) is 5.88. The first-order chi connectivity index (χ1) is 12.2. The van der Waals surface area contributed by atoms with E-state index in [0.717, 1.165) is 16.7 Å². The van der Waals surface area contributed by atoms with Crippen molar-refractivity contribution in [3.05, 3.63) is 41.6 Å². The molecule has 3 N–H and O–H groups in total. The molecule has 0 radical (unpaired) electrons. The van der Waals surface area contributed by atoms with Gasteiger partial charge in [0.2, 0.25) is 0 Å². The van der Waals surface area contributed by atoms with E-state index in [4.69, 9.17) is 26.2 Å². The standard InChI is InChI=1S/C13H11ClN4O.C2HF3O2/c1-19-11-7-8(4-5-10(11)14)16-13-9-3-2-6-15-12(9)17-18-13;3-2(4,5)1(6)7/h2-7H,1H3,(H2,15,16,17,18);(H,6,7). The Bertz CT molecular complexity index is 915. The van der Waals surface area contributed by atoms with Crippen LogP contribution in [-0.4, -0.2) is 39.5 Å². The summed E-state index contributed by atoms with van der Waals surface area (Å²) in [5, 5.41) is 18.9. The van der Waals surface area contributed by atoms with Gasteiger partial charge in [0.15, 0.2) is 11.5 Å². The molecule has 2 aromatic heterocycles. The van der Waals surface area contributed by atoms with Crippen LogP contribution in [0.5, 0.6) is 5.75 Å². The van der Waals surface area contributed by atoms with Crippen molar-refractivity contribution < 1.29 is 27.8 Å². The zero-order chi connectivity index (χ0) is 19.3. The number of hydrogen-bond donors (Lipinski definition) is 3. The van der Waals surface area contributed by atoms with Crippen LogP contribution < -0.4 is 10.1 Å². The van der Waals surface area contributed by atoms with Gasteiger partial charge in [-0.3, -0.25) is 5.10 Å². The Morgan fingerprint density at radius 2 is 2.04 bits per heavy atom. The Morgan fingerprint density at radius 3 is 2.65 bits per heavy atom. The maximum absolute atomic E-state index is 10.6. The van der Waals surface area contributed by atoms with Crippen LogP contribution in [0.4, 0.5) is 24.7 Å². The molecular weight excluding hydrogens is 377 g/mol. The summed E-state index contributed by atoms with van der Waals surface area (Å²) in [6, 6.07) is 9.27. The van der Waals surface area contributed by atoms with E-state index in [1.165, 1.54) is 0 Å². The molecule has 1 aromatic carbocycles. The second kappa shape index (κ2) is 7.91. The van der Waals surface area contributed by atoms with Crippen LogP contribution in [-0.2, 0) is 4.79 Å². The largest absolute Gasteiger partial charge is 0.495 e. The Hall–Kier alpha value is -3.01. The summed E-state index contributed by atoms with van der Waals surface area (Å²) in [5.41, 5.74) is 1.59. The number of aromatic nitrogens is 3.